The minimum atomic E-state index is 0. The predicted molar refractivity (Wildman–Crippen MR) is 121 cm³/mol. The van der Waals surface area contributed by atoms with Gasteiger partial charge in [-0.15, -0.1) is 36.2 Å². The largest absolute Gasteiger partial charge is 0.375 e. The molecule has 1 saturated heterocycles. The average molecular weight is 445 g/mol. The number of ether oxygens (including phenoxy) is 1. The van der Waals surface area contributed by atoms with E-state index in [1.807, 2.05) is 30.5 Å². The lowest BCUT2D eigenvalue weighted by atomic mass is 10.0. The standard InChI is InChI=1S/C21H28N2O2S.2ClH/c1-17(21(24)20-9-6-14-26-20)15-22-10-12-23(13-11-22)16-19(25-2)18-7-4-3-5-8-18;;/h3-9,14,17,19H,10-13,15-16H2,1-2H3;2*1H. The van der Waals surface area contributed by atoms with Crippen molar-refractivity contribution in [3.63, 3.8) is 0 Å². The molecule has 1 aromatic carbocycles. The van der Waals surface area contributed by atoms with E-state index in [1.165, 1.54) is 16.9 Å². The van der Waals surface area contributed by atoms with Gasteiger partial charge in [0, 0.05) is 52.3 Å². The first-order valence-corrected chi connectivity index (χ1v) is 10.2. The van der Waals surface area contributed by atoms with Crippen molar-refractivity contribution in [1.82, 2.24) is 9.80 Å². The van der Waals surface area contributed by atoms with Crippen LogP contribution in [0.3, 0.4) is 0 Å². The third-order valence-electron chi connectivity index (χ3n) is 5.09. The van der Waals surface area contributed by atoms with E-state index in [-0.39, 0.29) is 42.6 Å². The highest BCUT2D eigenvalue weighted by atomic mass is 35.5. The minimum absolute atomic E-state index is 0. The third-order valence-corrected chi connectivity index (χ3v) is 5.97. The van der Waals surface area contributed by atoms with Crippen LogP contribution in [0.5, 0.6) is 0 Å². The van der Waals surface area contributed by atoms with Crippen LogP contribution in [0.4, 0.5) is 0 Å². The van der Waals surface area contributed by atoms with Crippen molar-refractivity contribution in [2.24, 2.45) is 5.92 Å². The van der Waals surface area contributed by atoms with Gasteiger partial charge in [0.2, 0.25) is 0 Å². The number of ketones is 1. The lowest BCUT2D eigenvalue weighted by Crippen LogP contribution is -2.49. The molecule has 1 fully saturated rings. The second kappa shape index (κ2) is 12.6. The monoisotopic (exact) mass is 444 g/mol. The Labute approximate surface area is 184 Å². The van der Waals surface area contributed by atoms with Gasteiger partial charge in [-0.3, -0.25) is 9.69 Å². The fraction of sp³-hybridized carbons (Fsp3) is 0.476. The van der Waals surface area contributed by atoms with Gasteiger partial charge in [0.15, 0.2) is 5.78 Å². The van der Waals surface area contributed by atoms with E-state index in [2.05, 4.69) is 34.1 Å². The summed E-state index contributed by atoms with van der Waals surface area (Å²) < 4.78 is 5.70. The highest BCUT2D eigenvalue weighted by molar-refractivity contribution is 7.12. The Morgan fingerprint density at radius 1 is 1.00 bits per heavy atom. The number of piperazine rings is 1. The summed E-state index contributed by atoms with van der Waals surface area (Å²) in [6.45, 7) is 7.86. The number of rotatable bonds is 8. The molecular weight excluding hydrogens is 415 g/mol. The van der Waals surface area contributed by atoms with E-state index in [0.717, 1.165) is 44.1 Å². The van der Waals surface area contributed by atoms with Crippen molar-refractivity contribution >= 4 is 41.9 Å². The molecule has 7 heteroatoms. The summed E-state index contributed by atoms with van der Waals surface area (Å²) in [6.07, 6.45) is 0.113. The van der Waals surface area contributed by atoms with Gasteiger partial charge in [0.05, 0.1) is 11.0 Å². The van der Waals surface area contributed by atoms with E-state index < -0.39 is 0 Å². The Hall–Kier alpha value is -0.950. The molecule has 0 aliphatic carbocycles. The maximum absolute atomic E-state index is 12.4. The van der Waals surface area contributed by atoms with Crippen molar-refractivity contribution < 1.29 is 9.53 Å². The Balaban J connectivity index is 0.00000196. The van der Waals surface area contributed by atoms with Gasteiger partial charge in [-0.05, 0) is 17.0 Å². The number of thiophene rings is 1. The normalized spacial score (nSPS) is 17.2. The van der Waals surface area contributed by atoms with Crippen LogP contribution in [-0.2, 0) is 4.74 Å². The number of Topliss-reactive ketones (excluding diaryl/α,β-unsaturated/α-hetero) is 1. The van der Waals surface area contributed by atoms with E-state index >= 15 is 0 Å². The van der Waals surface area contributed by atoms with Crippen LogP contribution < -0.4 is 0 Å². The molecule has 0 radical (unpaired) electrons. The lowest BCUT2D eigenvalue weighted by molar-refractivity contribution is 0.0392. The molecule has 1 aromatic heterocycles. The van der Waals surface area contributed by atoms with Crippen LogP contribution in [-0.4, -0.2) is 62.0 Å². The average Bonchev–Trinajstić information content (AvgIpc) is 3.22. The fourth-order valence-electron chi connectivity index (χ4n) is 3.50. The number of nitrogens with zero attached hydrogens (tertiary/aromatic N) is 2. The topological polar surface area (TPSA) is 32.8 Å². The van der Waals surface area contributed by atoms with Crippen LogP contribution in [0, 0.1) is 5.92 Å². The van der Waals surface area contributed by atoms with Crippen LogP contribution >= 0.6 is 36.2 Å². The van der Waals surface area contributed by atoms with Gasteiger partial charge in [-0.1, -0.05) is 43.3 Å². The van der Waals surface area contributed by atoms with E-state index in [4.69, 9.17) is 4.74 Å². The molecule has 0 amide bonds. The summed E-state index contributed by atoms with van der Waals surface area (Å²) in [4.78, 5) is 18.2. The van der Waals surface area contributed by atoms with Gasteiger partial charge in [-0.2, -0.15) is 0 Å². The van der Waals surface area contributed by atoms with Crippen molar-refractivity contribution in [2.75, 3.05) is 46.4 Å². The molecule has 4 nitrogen and oxygen atoms in total. The number of methoxy groups -OCH3 is 1. The Morgan fingerprint density at radius 2 is 1.61 bits per heavy atom. The SMILES string of the molecule is COC(CN1CCN(CC(C)C(=O)c2cccs2)CC1)c1ccccc1.Cl.Cl. The second-order valence-corrected chi connectivity index (χ2v) is 7.93. The van der Waals surface area contributed by atoms with Crippen LogP contribution in [0.25, 0.3) is 0 Å². The molecule has 1 aliphatic rings. The zero-order valence-corrected chi connectivity index (χ0v) is 18.9. The number of hydrogen-bond acceptors (Lipinski definition) is 5. The summed E-state index contributed by atoms with van der Waals surface area (Å²) in [7, 11) is 1.78. The van der Waals surface area contributed by atoms with Gasteiger partial charge >= 0.3 is 0 Å². The van der Waals surface area contributed by atoms with Crippen molar-refractivity contribution in [2.45, 2.75) is 13.0 Å². The zero-order valence-electron chi connectivity index (χ0n) is 16.5. The molecule has 2 heterocycles. The highest BCUT2D eigenvalue weighted by Gasteiger charge is 2.24. The number of hydrogen-bond donors (Lipinski definition) is 0. The molecule has 0 saturated carbocycles. The first-order chi connectivity index (χ1) is 12.7. The predicted octanol–water partition coefficient (Wildman–Crippen LogP) is 4.42. The molecule has 0 spiro atoms. The maximum Gasteiger partial charge on any atom is 0.176 e. The fourth-order valence-corrected chi connectivity index (χ4v) is 4.28. The molecule has 28 heavy (non-hydrogen) atoms. The number of carbonyl (C=O) groups is 1. The highest BCUT2D eigenvalue weighted by Crippen LogP contribution is 2.20. The summed E-state index contributed by atoms with van der Waals surface area (Å²) >= 11 is 1.54. The van der Waals surface area contributed by atoms with Crippen LogP contribution in [0.15, 0.2) is 47.8 Å². The summed E-state index contributed by atoms with van der Waals surface area (Å²) in [5.74, 6) is 0.321. The molecule has 3 rings (SSSR count). The van der Waals surface area contributed by atoms with Crippen LogP contribution in [0.2, 0.25) is 0 Å². The molecule has 0 bridgehead atoms. The molecule has 156 valence electrons. The van der Waals surface area contributed by atoms with E-state index in [9.17, 15) is 4.79 Å². The Bertz CT molecular complexity index is 677. The molecular formula is C21H30Cl2N2O2S. The first-order valence-electron chi connectivity index (χ1n) is 9.27. The second-order valence-electron chi connectivity index (χ2n) is 6.98. The molecule has 2 atom stereocenters. The first kappa shape index (κ1) is 25.1. The van der Waals surface area contributed by atoms with Crippen molar-refractivity contribution in [3.8, 4) is 0 Å². The maximum atomic E-state index is 12.4. The summed E-state index contributed by atoms with van der Waals surface area (Å²) in [6, 6.07) is 14.3. The van der Waals surface area contributed by atoms with Gasteiger partial charge in [0.25, 0.3) is 0 Å². The minimum Gasteiger partial charge on any atom is -0.375 e. The van der Waals surface area contributed by atoms with Crippen molar-refractivity contribution in [1.29, 1.82) is 0 Å². The molecule has 2 unspecified atom stereocenters. The van der Waals surface area contributed by atoms with E-state index in [0.29, 0.717) is 0 Å². The number of carbonyl (C=O) groups excluding carboxylic acids is 1. The number of benzene rings is 1. The van der Waals surface area contributed by atoms with Crippen LogP contribution in [0.1, 0.15) is 28.3 Å². The van der Waals surface area contributed by atoms with Gasteiger partial charge in [0.1, 0.15) is 0 Å². The Morgan fingerprint density at radius 3 is 2.14 bits per heavy atom. The van der Waals surface area contributed by atoms with Crippen molar-refractivity contribution in [3.05, 3.63) is 58.3 Å². The summed E-state index contributed by atoms with van der Waals surface area (Å²) in [5.41, 5.74) is 1.23. The lowest BCUT2D eigenvalue weighted by Gasteiger charge is -2.37. The zero-order chi connectivity index (χ0) is 18.4. The van der Waals surface area contributed by atoms with Gasteiger partial charge < -0.3 is 9.64 Å². The smallest absolute Gasteiger partial charge is 0.176 e. The molecule has 1 aliphatic heterocycles. The Kier molecular flexibility index (Phi) is 11.3. The third kappa shape index (κ3) is 6.83. The van der Waals surface area contributed by atoms with Gasteiger partial charge in [-0.25, -0.2) is 0 Å². The molecule has 0 N–H and O–H groups in total. The molecule has 2 aromatic rings. The quantitative estimate of drug-likeness (QED) is 0.564. The van der Waals surface area contributed by atoms with E-state index in [1.54, 1.807) is 7.11 Å². The summed E-state index contributed by atoms with van der Waals surface area (Å²) in [5, 5.41) is 1.97. The number of halogens is 2.